The van der Waals surface area contributed by atoms with Crippen LogP contribution in [0.15, 0.2) is 23.1 Å². The molecule has 8 heteroatoms. The Hall–Kier alpha value is -1.12. The molecular weight excluding hydrogens is 305 g/mol. The number of aromatic carboxylic acids is 1. The molecule has 0 heterocycles. The summed E-state index contributed by atoms with van der Waals surface area (Å²) in [5, 5.41) is 8.82. The zero-order valence-corrected chi connectivity index (χ0v) is 12.7. The smallest absolute Gasteiger partial charge is 0.335 e. The summed E-state index contributed by atoms with van der Waals surface area (Å²) in [6.07, 6.45) is 0. The lowest BCUT2D eigenvalue weighted by molar-refractivity contribution is 0.0696. The largest absolute Gasteiger partial charge is 0.478 e. The van der Waals surface area contributed by atoms with Crippen molar-refractivity contribution in [2.75, 3.05) is 11.5 Å². The quantitative estimate of drug-likeness (QED) is 0.802. The first-order valence-corrected chi connectivity index (χ1v) is 8.54. The van der Waals surface area contributed by atoms with Gasteiger partial charge in [0.1, 0.15) is 10.7 Å². The van der Waals surface area contributed by atoms with Gasteiger partial charge in [-0.3, -0.25) is 0 Å². The van der Waals surface area contributed by atoms with Gasteiger partial charge in [0, 0.05) is 11.8 Å². The molecule has 112 valence electrons. The van der Waals surface area contributed by atoms with Gasteiger partial charge >= 0.3 is 5.97 Å². The molecule has 0 aliphatic rings. The van der Waals surface area contributed by atoms with E-state index in [2.05, 4.69) is 4.72 Å². The van der Waals surface area contributed by atoms with Crippen LogP contribution < -0.4 is 4.72 Å². The maximum Gasteiger partial charge on any atom is 0.335 e. The van der Waals surface area contributed by atoms with Crippen LogP contribution in [0.5, 0.6) is 0 Å². The van der Waals surface area contributed by atoms with Crippen molar-refractivity contribution < 1.29 is 22.7 Å². The maximum absolute atomic E-state index is 13.6. The van der Waals surface area contributed by atoms with Crippen molar-refractivity contribution >= 4 is 27.8 Å². The van der Waals surface area contributed by atoms with E-state index in [1.54, 1.807) is 18.7 Å². The average molecular weight is 321 g/mol. The fraction of sp³-hybridized carbons (Fsp3) is 0.417. The lowest BCUT2D eigenvalue weighted by atomic mass is 10.2. The third kappa shape index (κ3) is 4.46. The van der Waals surface area contributed by atoms with Gasteiger partial charge in [0.25, 0.3) is 0 Å². The second-order valence-corrected chi connectivity index (χ2v) is 7.13. The topological polar surface area (TPSA) is 83.5 Å². The summed E-state index contributed by atoms with van der Waals surface area (Å²) in [6, 6.07) is 2.30. The number of nitrogens with one attached hydrogen (secondary N) is 1. The summed E-state index contributed by atoms with van der Waals surface area (Å²) in [7, 11) is -4.08. The van der Waals surface area contributed by atoms with Crippen LogP contribution in [0.4, 0.5) is 4.39 Å². The molecule has 1 unspecified atom stereocenters. The van der Waals surface area contributed by atoms with Crippen molar-refractivity contribution in [3.63, 3.8) is 0 Å². The summed E-state index contributed by atoms with van der Waals surface area (Å²) in [6.45, 7) is 3.61. The molecule has 0 bridgehead atoms. The van der Waals surface area contributed by atoms with E-state index in [-0.39, 0.29) is 11.6 Å². The Morgan fingerprint density at radius 1 is 1.50 bits per heavy atom. The Morgan fingerprint density at radius 3 is 2.70 bits per heavy atom. The lowest BCUT2D eigenvalue weighted by Crippen LogP contribution is -2.34. The SMILES string of the molecule is CCSCC(C)NS(=O)(=O)c1cc(C(=O)O)ccc1F. The second-order valence-electron chi connectivity index (χ2n) is 4.13. The Labute approximate surface area is 121 Å². The van der Waals surface area contributed by atoms with Crippen molar-refractivity contribution in [3.8, 4) is 0 Å². The Morgan fingerprint density at radius 2 is 2.15 bits per heavy atom. The Kier molecular flexibility index (Phi) is 5.97. The number of hydrogen-bond acceptors (Lipinski definition) is 4. The number of carboxylic acids is 1. The van der Waals surface area contributed by atoms with Crippen molar-refractivity contribution in [2.24, 2.45) is 0 Å². The first-order valence-electron chi connectivity index (χ1n) is 5.91. The molecule has 0 amide bonds. The van der Waals surface area contributed by atoms with Gasteiger partial charge < -0.3 is 5.11 Å². The molecule has 0 spiro atoms. The minimum atomic E-state index is -4.08. The van der Waals surface area contributed by atoms with E-state index in [1.807, 2.05) is 6.92 Å². The molecular formula is C12H16FNO4S2. The zero-order valence-electron chi connectivity index (χ0n) is 11.1. The maximum atomic E-state index is 13.6. The van der Waals surface area contributed by atoms with Gasteiger partial charge in [-0.2, -0.15) is 11.8 Å². The molecule has 5 nitrogen and oxygen atoms in total. The molecule has 1 rings (SSSR count). The summed E-state index contributed by atoms with van der Waals surface area (Å²) in [5.74, 6) is -0.890. The van der Waals surface area contributed by atoms with Crippen LogP contribution in [0.3, 0.4) is 0 Å². The molecule has 0 saturated carbocycles. The van der Waals surface area contributed by atoms with Crippen LogP contribution in [0.25, 0.3) is 0 Å². The number of thioether (sulfide) groups is 1. The van der Waals surface area contributed by atoms with Gasteiger partial charge in [-0.1, -0.05) is 6.92 Å². The highest BCUT2D eigenvalue weighted by molar-refractivity contribution is 7.99. The van der Waals surface area contributed by atoms with E-state index in [0.29, 0.717) is 5.75 Å². The first kappa shape index (κ1) is 16.9. The molecule has 0 aliphatic carbocycles. The van der Waals surface area contributed by atoms with Crippen LogP contribution >= 0.6 is 11.8 Å². The standard InChI is InChI=1S/C12H16FNO4S2/c1-3-19-7-8(2)14-20(17,18)11-6-9(12(15)16)4-5-10(11)13/h4-6,8,14H,3,7H2,1-2H3,(H,15,16). The predicted octanol–water partition coefficient (Wildman–Crippen LogP) is 1.94. The second kappa shape index (κ2) is 7.05. The highest BCUT2D eigenvalue weighted by atomic mass is 32.2. The van der Waals surface area contributed by atoms with Crippen molar-refractivity contribution in [1.82, 2.24) is 4.72 Å². The number of sulfonamides is 1. The highest BCUT2D eigenvalue weighted by Crippen LogP contribution is 2.17. The molecule has 1 atom stereocenters. The van der Waals surface area contributed by atoms with Crippen LogP contribution in [0, 0.1) is 5.82 Å². The molecule has 20 heavy (non-hydrogen) atoms. The third-order valence-corrected chi connectivity index (χ3v) is 5.14. The minimum Gasteiger partial charge on any atom is -0.478 e. The van der Waals surface area contributed by atoms with Gasteiger partial charge in [-0.05, 0) is 30.9 Å². The monoisotopic (exact) mass is 321 g/mol. The van der Waals surface area contributed by atoms with E-state index < -0.39 is 26.7 Å². The number of hydrogen-bond donors (Lipinski definition) is 2. The summed E-state index contributed by atoms with van der Waals surface area (Å²) < 4.78 is 40.0. The normalized spacial score (nSPS) is 13.2. The minimum absolute atomic E-state index is 0.276. The average Bonchev–Trinajstić information content (AvgIpc) is 2.35. The van der Waals surface area contributed by atoms with Gasteiger partial charge in [-0.15, -0.1) is 0 Å². The highest BCUT2D eigenvalue weighted by Gasteiger charge is 2.22. The molecule has 0 fully saturated rings. The van der Waals surface area contributed by atoms with Crippen LogP contribution in [0.2, 0.25) is 0 Å². The van der Waals surface area contributed by atoms with Crippen molar-refractivity contribution in [1.29, 1.82) is 0 Å². The fourth-order valence-corrected chi connectivity index (χ4v) is 3.62. The number of carbonyl (C=O) groups is 1. The number of rotatable bonds is 7. The van der Waals surface area contributed by atoms with Gasteiger partial charge in [0.15, 0.2) is 0 Å². The van der Waals surface area contributed by atoms with Crippen LogP contribution in [0.1, 0.15) is 24.2 Å². The fourth-order valence-electron chi connectivity index (χ4n) is 1.50. The molecule has 1 aromatic carbocycles. The molecule has 2 N–H and O–H groups in total. The van der Waals surface area contributed by atoms with Crippen molar-refractivity contribution in [3.05, 3.63) is 29.6 Å². The number of benzene rings is 1. The van der Waals surface area contributed by atoms with Gasteiger partial charge in [0.05, 0.1) is 5.56 Å². The van der Waals surface area contributed by atoms with E-state index in [1.165, 1.54) is 0 Å². The molecule has 0 radical (unpaired) electrons. The Balaban J connectivity index is 3.03. The van der Waals surface area contributed by atoms with E-state index in [9.17, 15) is 17.6 Å². The van der Waals surface area contributed by atoms with Crippen LogP contribution in [-0.2, 0) is 10.0 Å². The molecule has 1 aromatic rings. The Bertz CT molecular complexity index is 589. The number of carboxylic acid groups (broad SMARTS) is 1. The summed E-state index contributed by atoms with van der Waals surface area (Å²) in [4.78, 5) is 10.2. The van der Waals surface area contributed by atoms with Gasteiger partial charge in [-0.25, -0.2) is 22.3 Å². The predicted molar refractivity (Wildman–Crippen MR) is 76.1 cm³/mol. The zero-order chi connectivity index (χ0) is 15.3. The molecule has 0 saturated heterocycles. The van der Waals surface area contributed by atoms with E-state index in [0.717, 1.165) is 24.0 Å². The molecule has 0 aliphatic heterocycles. The molecule has 0 aromatic heterocycles. The summed E-state index contributed by atoms with van der Waals surface area (Å²) >= 11 is 1.55. The van der Waals surface area contributed by atoms with Crippen molar-refractivity contribution in [2.45, 2.75) is 24.8 Å². The van der Waals surface area contributed by atoms with E-state index in [4.69, 9.17) is 5.11 Å². The third-order valence-electron chi connectivity index (χ3n) is 2.40. The van der Waals surface area contributed by atoms with E-state index >= 15 is 0 Å². The lowest BCUT2D eigenvalue weighted by Gasteiger charge is -2.14. The van der Waals surface area contributed by atoms with Gasteiger partial charge in [0.2, 0.25) is 10.0 Å². The van der Waals surface area contributed by atoms with Crippen LogP contribution in [-0.4, -0.2) is 37.0 Å². The summed E-state index contributed by atoms with van der Waals surface area (Å²) in [5.41, 5.74) is -0.276. The first-order chi connectivity index (χ1) is 9.27. The number of halogens is 1.